The molecular formula is C18H20ClN5S. The zero-order valence-electron chi connectivity index (χ0n) is 14.4. The number of hydrogen-bond donors (Lipinski definition) is 0. The third kappa shape index (κ3) is 3.90. The molecule has 130 valence electrons. The summed E-state index contributed by atoms with van der Waals surface area (Å²) < 4.78 is 0. The standard InChI is InChI=1S/C18H20ClN5S/c1-3-23-8-10-24(11-9-23)17-15(12-20)16(21-18(22-17)25-2)13-4-6-14(19)7-5-13/h4-7H,3,8-11H2,1-2H3. The number of piperazine rings is 1. The first kappa shape index (κ1) is 18.0. The molecule has 5 nitrogen and oxygen atoms in total. The highest BCUT2D eigenvalue weighted by molar-refractivity contribution is 7.98. The highest BCUT2D eigenvalue weighted by Crippen LogP contribution is 2.31. The molecule has 1 aromatic carbocycles. The van der Waals surface area contributed by atoms with Gasteiger partial charge in [0.15, 0.2) is 11.0 Å². The fraction of sp³-hybridized carbons (Fsp3) is 0.389. The zero-order valence-corrected chi connectivity index (χ0v) is 15.9. The summed E-state index contributed by atoms with van der Waals surface area (Å²) in [6.07, 6.45) is 1.95. The van der Waals surface area contributed by atoms with E-state index in [1.54, 1.807) is 0 Å². The number of nitriles is 1. The second-order valence-electron chi connectivity index (χ2n) is 5.80. The van der Waals surface area contributed by atoms with Crippen LogP contribution in [0.5, 0.6) is 0 Å². The summed E-state index contributed by atoms with van der Waals surface area (Å²) in [6, 6.07) is 9.76. The molecule has 0 atom stereocenters. The van der Waals surface area contributed by atoms with E-state index in [1.165, 1.54) is 11.8 Å². The van der Waals surface area contributed by atoms with E-state index in [0.29, 0.717) is 21.4 Å². The van der Waals surface area contributed by atoms with Crippen molar-refractivity contribution in [3.05, 3.63) is 34.9 Å². The van der Waals surface area contributed by atoms with E-state index in [2.05, 4.69) is 32.8 Å². The van der Waals surface area contributed by atoms with Gasteiger partial charge in [0.25, 0.3) is 0 Å². The topological polar surface area (TPSA) is 56.1 Å². The van der Waals surface area contributed by atoms with Gasteiger partial charge in [-0.05, 0) is 24.9 Å². The highest BCUT2D eigenvalue weighted by atomic mass is 35.5. The van der Waals surface area contributed by atoms with Crippen LogP contribution >= 0.6 is 23.4 Å². The van der Waals surface area contributed by atoms with Gasteiger partial charge in [-0.1, -0.05) is 42.4 Å². The van der Waals surface area contributed by atoms with Crippen LogP contribution in [0.4, 0.5) is 5.82 Å². The number of aromatic nitrogens is 2. The second-order valence-corrected chi connectivity index (χ2v) is 7.01. The maximum atomic E-state index is 9.81. The van der Waals surface area contributed by atoms with Gasteiger partial charge in [0, 0.05) is 36.8 Å². The Morgan fingerprint density at radius 2 is 1.84 bits per heavy atom. The number of hydrogen-bond acceptors (Lipinski definition) is 6. The molecule has 1 aliphatic rings. The Hall–Kier alpha value is -1.81. The van der Waals surface area contributed by atoms with Crippen molar-refractivity contribution in [2.24, 2.45) is 0 Å². The van der Waals surface area contributed by atoms with Gasteiger partial charge in [-0.25, -0.2) is 9.97 Å². The first-order valence-electron chi connectivity index (χ1n) is 8.25. The molecule has 1 fully saturated rings. The first-order valence-corrected chi connectivity index (χ1v) is 9.86. The van der Waals surface area contributed by atoms with Crippen molar-refractivity contribution in [3.63, 3.8) is 0 Å². The number of halogens is 1. The predicted molar refractivity (Wildman–Crippen MR) is 103 cm³/mol. The zero-order chi connectivity index (χ0) is 17.8. The average Bonchev–Trinajstić information content (AvgIpc) is 2.67. The van der Waals surface area contributed by atoms with Crippen LogP contribution in [0.3, 0.4) is 0 Å². The maximum Gasteiger partial charge on any atom is 0.189 e. The fourth-order valence-corrected chi connectivity index (χ4v) is 3.43. The molecule has 1 aromatic heterocycles. The van der Waals surface area contributed by atoms with E-state index < -0.39 is 0 Å². The van der Waals surface area contributed by atoms with Crippen molar-refractivity contribution in [1.82, 2.24) is 14.9 Å². The van der Waals surface area contributed by atoms with Crippen molar-refractivity contribution in [2.75, 3.05) is 43.9 Å². The molecule has 7 heteroatoms. The number of benzene rings is 1. The van der Waals surface area contributed by atoms with Crippen LogP contribution in [-0.2, 0) is 0 Å². The minimum Gasteiger partial charge on any atom is -0.353 e. The Bertz CT molecular complexity index is 779. The van der Waals surface area contributed by atoms with Gasteiger partial charge in [-0.15, -0.1) is 0 Å². The van der Waals surface area contributed by atoms with Crippen molar-refractivity contribution >= 4 is 29.2 Å². The van der Waals surface area contributed by atoms with Gasteiger partial charge in [-0.2, -0.15) is 5.26 Å². The second kappa shape index (κ2) is 8.05. The normalized spacial score (nSPS) is 15.2. The molecule has 3 rings (SSSR count). The van der Waals surface area contributed by atoms with E-state index in [9.17, 15) is 5.26 Å². The summed E-state index contributed by atoms with van der Waals surface area (Å²) in [5, 5.41) is 11.1. The molecule has 2 heterocycles. The molecule has 0 saturated carbocycles. The number of thioether (sulfide) groups is 1. The van der Waals surface area contributed by atoms with Crippen LogP contribution in [0.1, 0.15) is 12.5 Å². The van der Waals surface area contributed by atoms with Crippen LogP contribution in [0, 0.1) is 11.3 Å². The van der Waals surface area contributed by atoms with Gasteiger partial charge < -0.3 is 9.80 Å². The molecule has 0 N–H and O–H groups in total. The molecule has 0 radical (unpaired) electrons. The predicted octanol–water partition coefficient (Wildman–Crippen LogP) is 3.53. The summed E-state index contributed by atoms with van der Waals surface area (Å²) in [5.41, 5.74) is 2.09. The lowest BCUT2D eigenvalue weighted by Crippen LogP contribution is -2.46. The largest absolute Gasteiger partial charge is 0.353 e. The van der Waals surface area contributed by atoms with E-state index in [1.807, 2.05) is 30.5 Å². The maximum absolute atomic E-state index is 9.81. The summed E-state index contributed by atoms with van der Waals surface area (Å²) in [4.78, 5) is 13.9. The molecular weight excluding hydrogens is 354 g/mol. The Balaban J connectivity index is 2.05. The molecule has 0 amide bonds. The Morgan fingerprint density at radius 1 is 1.16 bits per heavy atom. The van der Waals surface area contributed by atoms with Crippen LogP contribution in [-0.4, -0.2) is 53.8 Å². The van der Waals surface area contributed by atoms with Crippen LogP contribution in [0.15, 0.2) is 29.4 Å². The molecule has 0 unspecified atom stereocenters. The minimum atomic E-state index is 0.532. The molecule has 1 saturated heterocycles. The van der Waals surface area contributed by atoms with Crippen molar-refractivity contribution in [2.45, 2.75) is 12.1 Å². The van der Waals surface area contributed by atoms with Gasteiger partial charge in [0.05, 0.1) is 5.69 Å². The molecule has 2 aromatic rings. The van der Waals surface area contributed by atoms with Gasteiger partial charge in [0.1, 0.15) is 11.6 Å². The summed E-state index contributed by atoms with van der Waals surface area (Å²) in [5.74, 6) is 0.738. The van der Waals surface area contributed by atoms with E-state index >= 15 is 0 Å². The first-order chi connectivity index (χ1) is 12.2. The van der Waals surface area contributed by atoms with Crippen molar-refractivity contribution in [1.29, 1.82) is 5.26 Å². The smallest absolute Gasteiger partial charge is 0.189 e. The van der Waals surface area contributed by atoms with Gasteiger partial charge in [-0.3, -0.25) is 0 Å². The molecule has 0 aliphatic carbocycles. The third-order valence-corrected chi connectivity index (χ3v) is 5.20. The fourth-order valence-electron chi connectivity index (χ4n) is 2.94. The number of nitrogens with zero attached hydrogens (tertiary/aromatic N) is 5. The van der Waals surface area contributed by atoms with Crippen LogP contribution in [0.25, 0.3) is 11.3 Å². The van der Waals surface area contributed by atoms with Crippen molar-refractivity contribution < 1.29 is 0 Å². The van der Waals surface area contributed by atoms with Crippen molar-refractivity contribution in [3.8, 4) is 17.3 Å². The Morgan fingerprint density at radius 3 is 2.40 bits per heavy atom. The van der Waals surface area contributed by atoms with Gasteiger partial charge in [0.2, 0.25) is 0 Å². The SMILES string of the molecule is CCN1CCN(c2nc(SC)nc(-c3ccc(Cl)cc3)c2C#N)CC1. The number of rotatable bonds is 4. The van der Waals surface area contributed by atoms with Gasteiger partial charge >= 0.3 is 0 Å². The third-order valence-electron chi connectivity index (χ3n) is 4.40. The number of likely N-dealkylation sites (N-methyl/N-ethyl adjacent to an activating group) is 1. The Kier molecular flexibility index (Phi) is 5.79. The minimum absolute atomic E-state index is 0.532. The Labute approximate surface area is 157 Å². The summed E-state index contributed by atoms with van der Waals surface area (Å²) >= 11 is 7.49. The molecule has 25 heavy (non-hydrogen) atoms. The van der Waals surface area contributed by atoms with E-state index in [0.717, 1.165) is 44.1 Å². The summed E-state index contributed by atoms with van der Waals surface area (Å²) in [6.45, 7) is 6.92. The number of anilines is 1. The molecule has 0 bridgehead atoms. The summed E-state index contributed by atoms with van der Waals surface area (Å²) in [7, 11) is 0. The average molecular weight is 374 g/mol. The lowest BCUT2D eigenvalue weighted by molar-refractivity contribution is 0.270. The molecule has 0 spiro atoms. The molecule has 1 aliphatic heterocycles. The van der Waals surface area contributed by atoms with Crippen LogP contribution < -0.4 is 4.90 Å². The van der Waals surface area contributed by atoms with E-state index in [4.69, 9.17) is 11.6 Å². The monoisotopic (exact) mass is 373 g/mol. The van der Waals surface area contributed by atoms with E-state index in [-0.39, 0.29) is 0 Å². The van der Waals surface area contributed by atoms with Crippen LogP contribution in [0.2, 0.25) is 5.02 Å². The lowest BCUT2D eigenvalue weighted by Gasteiger charge is -2.35. The highest BCUT2D eigenvalue weighted by Gasteiger charge is 2.23. The lowest BCUT2D eigenvalue weighted by atomic mass is 10.1. The quantitative estimate of drug-likeness (QED) is 0.603.